The summed E-state index contributed by atoms with van der Waals surface area (Å²) >= 11 is 0. The van der Waals surface area contributed by atoms with Crippen molar-refractivity contribution in [2.24, 2.45) is 0 Å². The summed E-state index contributed by atoms with van der Waals surface area (Å²) in [4.78, 5) is 12.8. The van der Waals surface area contributed by atoms with Gasteiger partial charge in [-0.2, -0.15) is 13.2 Å². The number of hydrogen-bond donors (Lipinski definition) is 1. The molecule has 2 atom stereocenters. The Morgan fingerprint density at radius 1 is 1.09 bits per heavy atom. The highest BCUT2D eigenvalue weighted by Crippen LogP contribution is 2.43. The fourth-order valence-corrected chi connectivity index (χ4v) is 3.99. The van der Waals surface area contributed by atoms with Gasteiger partial charge in [0.05, 0.1) is 11.2 Å². The first kappa shape index (κ1) is 24.6. The molecule has 13 heteroatoms. The summed E-state index contributed by atoms with van der Waals surface area (Å²) in [5, 5.41) is 14.3. The van der Waals surface area contributed by atoms with Crippen LogP contribution in [0.2, 0.25) is 0 Å². The number of rotatable bonds is 3. The number of likely N-dealkylation sites (tertiary alicyclic amines) is 1. The van der Waals surface area contributed by atoms with Crippen LogP contribution in [0.15, 0.2) is 22.7 Å². The maximum absolute atomic E-state index is 14.7. The van der Waals surface area contributed by atoms with Gasteiger partial charge in [0.2, 0.25) is 5.60 Å². The average molecular weight is 488 g/mol. The molecule has 2 aliphatic heterocycles. The van der Waals surface area contributed by atoms with E-state index in [1.807, 2.05) is 0 Å². The fraction of sp³-hybridized carbons (Fsp3) is 0.524. The van der Waals surface area contributed by atoms with Crippen molar-refractivity contribution in [2.45, 2.75) is 63.1 Å². The first-order chi connectivity index (χ1) is 15.5. The van der Waals surface area contributed by atoms with E-state index in [1.54, 1.807) is 27.7 Å². The number of alkyl halides is 3. The van der Waals surface area contributed by atoms with E-state index >= 15 is 0 Å². The molecule has 4 rings (SSSR count). The molecule has 2 aromatic rings. The highest BCUT2D eigenvalue weighted by molar-refractivity contribution is 6.62. The van der Waals surface area contributed by atoms with Crippen LogP contribution < -0.4 is 5.46 Å². The van der Waals surface area contributed by atoms with Crippen molar-refractivity contribution in [1.82, 2.24) is 10.1 Å². The van der Waals surface area contributed by atoms with Gasteiger partial charge in [-0.1, -0.05) is 5.16 Å². The van der Waals surface area contributed by atoms with E-state index in [0.29, 0.717) is 11.0 Å². The van der Waals surface area contributed by atoms with E-state index in [0.717, 1.165) is 19.2 Å². The number of likely N-dealkylation sites (N-methyl/N-ethyl adjacent to an activating group) is 1. The number of aliphatic hydroxyl groups is 1. The molecule has 1 amide bonds. The largest absolute Gasteiger partial charge is 0.497 e. The lowest BCUT2D eigenvalue weighted by Crippen LogP contribution is -2.41. The van der Waals surface area contributed by atoms with E-state index < -0.39 is 65.9 Å². The van der Waals surface area contributed by atoms with Crippen molar-refractivity contribution in [3.8, 4) is 11.3 Å². The molecule has 34 heavy (non-hydrogen) atoms. The molecule has 1 N–H and O–H groups in total. The summed E-state index contributed by atoms with van der Waals surface area (Å²) in [5.74, 6) is -3.82. The topological polar surface area (TPSA) is 85.0 Å². The van der Waals surface area contributed by atoms with Crippen LogP contribution >= 0.6 is 0 Å². The lowest BCUT2D eigenvalue weighted by atomic mass is 9.77. The molecule has 3 heterocycles. The number of nitrogens with zero attached hydrogens (tertiary/aromatic N) is 2. The predicted octanol–water partition coefficient (Wildman–Crippen LogP) is 2.90. The van der Waals surface area contributed by atoms with Gasteiger partial charge in [0.15, 0.2) is 5.76 Å². The number of carbonyl (C=O) groups is 1. The van der Waals surface area contributed by atoms with Crippen molar-refractivity contribution >= 4 is 18.5 Å². The second kappa shape index (κ2) is 7.49. The van der Waals surface area contributed by atoms with Crippen LogP contribution in [0.1, 0.15) is 39.9 Å². The van der Waals surface area contributed by atoms with Gasteiger partial charge in [0, 0.05) is 36.6 Å². The summed E-state index contributed by atoms with van der Waals surface area (Å²) in [7, 11) is -0.260. The van der Waals surface area contributed by atoms with Gasteiger partial charge in [-0.25, -0.2) is 8.78 Å². The van der Waals surface area contributed by atoms with Gasteiger partial charge in [0.25, 0.3) is 5.91 Å². The normalized spacial score (nSPS) is 26.6. The molecule has 7 nitrogen and oxygen atoms in total. The fourth-order valence-electron chi connectivity index (χ4n) is 3.99. The first-order valence-electron chi connectivity index (χ1n) is 10.4. The predicted molar refractivity (Wildman–Crippen MR) is 109 cm³/mol. The number of amides is 1. The molecular weight excluding hydrogens is 466 g/mol. The van der Waals surface area contributed by atoms with Gasteiger partial charge in [0.1, 0.15) is 23.4 Å². The zero-order valence-corrected chi connectivity index (χ0v) is 19.0. The van der Waals surface area contributed by atoms with Gasteiger partial charge in [-0.05, 0) is 33.8 Å². The Hall–Kier alpha value is -2.51. The van der Waals surface area contributed by atoms with E-state index in [-0.39, 0.29) is 16.7 Å². The molecule has 0 aliphatic carbocycles. The molecule has 0 unspecified atom stereocenters. The Morgan fingerprint density at radius 2 is 1.68 bits per heavy atom. The molecule has 1 aromatic heterocycles. The zero-order valence-electron chi connectivity index (χ0n) is 19.0. The van der Waals surface area contributed by atoms with Gasteiger partial charge >= 0.3 is 13.3 Å². The second-order valence-corrected chi connectivity index (χ2v) is 9.56. The van der Waals surface area contributed by atoms with Crippen molar-refractivity contribution in [2.75, 3.05) is 7.05 Å². The molecule has 0 bridgehead atoms. The van der Waals surface area contributed by atoms with Crippen molar-refractivity contribution in [1.29, 1.82) is 0 Å². The number of halogens is 5. The molecule has 0 saturated carbocycles. The SMILES string of the molecule is CN1C(=O)[C@](O)(c2cc(-c3cc(B4OC(C)(C)C(C)(C)O4)c(F)cc3F)no2)C[C@H]1C(F)(F)F. The van der Waals surface area contributed by atoms with Gasteiger partial charge < -0.3 is 23.8 Å². The molecule has 2 fully saturated rings. The second-order valence-electron chi connectivity index (χ2n) is 9.56. The van der Waals surface area contributed by atoms with Crippen LogP contribution in [0.5, 0.6) is 0 Å². The zero-order chi connectivity index (χ0) is 25.4. The van der Waals surface area contributed by atoms with Crippen LogP contribution in [0.25, 0.3) is 11.3 Å². The Kier molecular flexibility index (Phi) is 5.43. The standard InChI is InChI=1S/C21H22BF5N2O5/c1-18(2)19(3,4)34-22(33-18)11-6-10(12(23)7-13(11)24)14-8-16(32-28-14)20(31)9-15(21(25,26)27)29(5)17(20)30/h6-8,15,31H,9H2,1-5H3/t15-,20+/m0/s1. The smallest absolute Gasteiger partial charge is 0.399 e. The van der Waals surface area contributed by atoms with Crippen molar-refractivity contribution in [3.05, 3.63) is 35.6 Å². The van der Waals surface area contributed by atoms with Crippen LogP contribution in [0.3, 0.4) is 0 Å². The Morgan fingerprint density at radius 3 is 2.21 bits per heavy atom. The minimum Gasteiger partial charge on any atom is -0.399 e. The maximum atomic E-state index is 14.7. The minimum atomic E-state index is -4.78. The third kappa shape index (κ3) is 3.70. The number of carbonyl (C=O) groups excluding carboxylic acids is 1. The van der Waals surface area contributed by atoms with E-state index in [9.17, 15) is 31.9 Å². The van der Waals surface area contributed by atoms with Crippen molar-refractivity contribution < 1.29 is 45.7 Å². The van der Waals surface area contributed by atoms with Crippen molar-refractivity contribution in [3.63, 3.8) is 0 Å². The molecule has 184 valence electrons. The number of benzene rings is 1. The monoisotopic (exact) mass is 488 g/mol. The molecule has 2 saturated heterocycles. The van der Waals surface area contributed by atoms with Crippen LogP contribution in [0, 0.1) is 11.6 Å². The van der Waals surface area contributed by atoms with E-state index in [2.05, 4.69) is 5.16 Å². The highest BCUT2D eigenvalue weighted by atomic mass is 19.4. The van der Waals surface area contributed by atoms with E-state index in [4.69, 9.17) is 13.8 Å². The third-order valence-corrected chi connectivity index (χ3v) is 6.80. The summed E-state index contributed by atoms with van der Waals surface area (Å²) in [5.41, 5.74) is -4.92. The van der Waals surface area contributed by atoms with E-state index in [1.165, 1.54) is 0 Å². The summed E-state index contributed by atoms with van der Waals surface area (Å²) < 4.78 is 85.6. The highest BCUT2D eigenvalue weighted by Gasteiger charge is 2.61. The van der Waals surface area contributed by atoms with Gasteiger partial charge in [-0.3, -0.25) is 4.79 Å². The lowest BCUT2D eigenvalue weighted by Gasteiger charge is -2.32. The average Bonchev–Trinajstić information content (AvgIpc) is 3.33. The van der Waals surface area contributed by atoms with Crippen LogP contribution in [0.4, 0.5) is 22.0 Å². The van der Waals surface area contributed by atoms with Crippen LogP contribution in [-0.4, -0.2) is 58.7 Å². The minimum absolute atomic E-state index is 0.132. The summed E-state index contributed by atoms with van der Waals surface area (Å²) in [6.45, 7) is 7.02. The number of aromatic nitrogens is 1. The quantitative estimate of drug-likeness (QED) is 0.529. The molecule has 1 aromatic carbocycles. The Balaban J connectivity index is 1.70. The first-order valence-corrected chi connectivity index (χ1v) is 10.4. The van der Waals surface area contributed by atoms with Gasteiger partial charge in [-0.15, -0.1) is 0 Å². The molecule has 0 radical (unpaired) electrons. The summed E-state index contributed by atoms with van der Waals surface area (Å²) in [6.07, 6.45) is -5.80. The number of hydrogen-bond acceptors (Lipinski definition) is 6. The Labute approximate surface area is 191 Å². The maximum Gasteiger partial charge on any atom is 0.497 e. The molecule has 2 aliphatic rings. The van der Waals surface area contributed by atoms with Crippen LogP contribution in [-0.2, 0) is 19.7 Å². The third-order valence-electron chi connectivity index (χ3n) is 6.80. The molecule has 0 spiro atoms. The summed E-state index contributed by atoms with van der Waals surface area (Å²) in [6, 6.07) is 0.387. The Bertz CT molecular complexity index is 1140. The lowest BCUT2D eigenvalue weighted by molar-refractivity contribution is -0.177. The molecular formula is C21H22BF5N2O5.